The van der Waals surface area contributed by atoms with E-state index in [0.29, 0.717) is 37.5 Å². The van der Waals surface area contributed by atoms with Gasteiger partial charge in [0.05, 0.1) is 0 Å². The van der Waals surface area contributed by atoms with E-state index in [1.807, 2.05) is 11.0 Å². The molecule has 5 nitrogen and oxygen atoms in total. The van der Waals surface area contributed by atoms with Gasteiger partial charge in [0.15, 0.2) is 5.13 Å². The summed E-state index contributed by atoms with van der Waals surface area (Å²) in [6.45, 7) is 1.33. The minimum Gasteiger partial charge on any atom is -0.342 e. The lowest BCUT2D eigenvalue weighted by Crippen LogP contribution is -2.42. The first-order valence-electron chi connectivity index (χ1n) is 9.37. The number of piperidine rings is 1. The molecule has 0 atom stereocenters. The number of thiazole rings is 1. The van der Waals surface area contributed by atoms with Crippen molar-refractivity contribution in [3.8, 4) is 0 Å². The van der Waals surface area contributed by atoms with Crippen LogP contribution in [0.4, 0.5) is 9.52 Å². The zero-order valence-electron chi connectivity index (χ0n) is 15.0. The van der Waals surface area contributed by atoms with Crippen molar-refractivity contribution in [3.05, 3.63) is 46.7 Å². The van der Waals surface area contributed by atoms with E-state index in [9.17, 15) is 14.0 Å². The topological polar surface area (TPSA) is 62.3 Å². The fourth-order valence-corrected chi connectivity index (χ4v) is 4.30. The molecule has 1 aliphatic carbocycles. The first-order valence-corrected chi connectivity index (χ1v) is 10.2. The maximum Gasteiger partial charge on any atom is 0.229 e. The van der Waals surface area contributed by atoms with E-state index in [2.05, 4.69) is 10.3 Å². The highest BCUT2D eigenvalue weighted by Gasteiger charge is 2.36. The number of hydrogen-bond acceptors (Lipinski definition) is 4. The number of carbonyl (C=O) groups is 2. The Morgan fingerprint density at radius 2 is 1.96 bits per heavy atom. The number of hydrogen-bond donors (Lipinski definition) is 1. The molecule has 0 bridgehead atoms. The van der Waals surface area contributed by atoms with E-state index in [-0.39, 0.29) is 29.5 Å². The summed E-state index contributed by atoms with van der Waals surface area (Å²) < 4.78 is 13.3. The van der Waals surface area contributed by atoms with Crippen molar-refractivity contribution >= 4 is 28.3 Å². The van der Waals surface area contributed by atoms with Crippen LogP contribution < -0.4 is 5.32 Å². The summed E-state index contributed by atoms with van der Waals surface area (Å²) in [4.78, 5) is 31.8. The van der Waals surface area contributed by atoms with Gasteiger partial charge >= 0.3 is 0 Å². The molecule has 0 spiro atoms. The lowest BCUT2D eigenvalue weighted by Gasteiger charge is -2.31. The predicted octanol–water partition coefficient (Wildman–Crippen LogP) is 3.46. The molecule has 142 valence electrons. The number of anilines is 1. The minimum absolute atomic E-state index is 0.0276. The molecule has 0 radical (unpaired) electrons. The second-order valence-electron chi connectivity index (χ2n) is 7.30. The number of aromatic nitrogens is 1. The molecule has 2 aromatic rings. The van der Waals surface area contributed by atoms with Crippen molar-refractivity contribution in [2.75, 3.05) is 18.4 Å². The van der Waals surface area contributed by atoms with Crippen LogP contribution >= 0.6 is 11.3 Å². The Kier molecular flexibility index (Phi) is 5.20. The number of amides is 2. The molecule has 1 N–H and O–H groups in total. The zero-order valence-corrected chi connectivity index (χ0v) is 15.8. The van der Waals surface area contributed by atoms with Gasteiger partial charge in [-0.15, -0.1) is 11.3 Å². The van der Waals surface area contributed by atoms with Gasteiger partial charge in [-0.25, -0.2) is 9.37 Å². The fraction of sp³-hybridized carbons (Fsp3) is 0.450. The van der Waals surface area contributed by atoms with Gasteiger partial charge in [-0.1, -0.05) is 12.1 Å². The quantitative estimate of drug-likeness (QED) is 0.855. The summed E-state index contributed by atoms with van der Waals surface area (Å²) in [6, 6.07) is 6.49. The van der Waals surface area contributed by atoms with Crippen LogP contribution in [0.2, 0.25) is 0 Å². The van der Waals surface area contributed by atoms with E-state index in [1.165, 1.54) is 23.5 Å². The first-order chi connectivity index (χ1) is 13.1. The molecule has 1 saturated carbocycles. The number of likely N-dealkylation sites (tertiary alicyclic amines) is 1. The van der Waals surface area contributed by atoms with Gasteiger partial charge < -0.3 is 10.2 Å². The van der Waals surface area contributed by atoms with Crippen LogP contribution in [0.5, 0.6) is 0 Å². The van der Waals surface area contributed by atoms with E-state index < -0.39 is 0 Å². The average Bonchev–Trinajstić information content (AvgIpc) is 3.43. The normalized spacial score (nSPS) is 17.7. The smallest absolute Gasteiger partial charge is 0.229 e. The predicted molar refractivity (Wildman–Crippen MR) is 102 cm³/mol. The molecule has 2 aliphatic rings. The first kappa shape index (κ1) is 18.1. The number of carbonyl (C=O) groups excluding carboxylic acids is 2. The third-order valence-corrected chi connectivity index (χ3v) is 6.07. The van der Waals surface area contributed by atoms with Crippen LogP contribution in [0.1, 0.15) is 36.1 Å². The van der Waals surface area contributed by atoms with E-state index in [4.69, 9.17) is 0 Å². The second kappa shape index (κ2) is 7.76. The third-order valence-electron chi connectivity index (χ3n) is 5.16. The molecule has 27 heavy (non-hydrogen) atoms. The van der Waals surface area contributed by atoms with Crippen LogP contribution in [-0.2, 0) is 16.0 Å². The van der Waals surface area contributed by atoms with Crippen LogP contribution in [0.25, 0.3) is 0 Å². The number of halogens is 1. The zero-order chi connectivity index (χ0) is 18.8. The number of benzene rings is 1. The van der Waals surface area contributed by atoms with Crippen molar-refractivity contribution in [3.63, 3.8) is 0 Å². The molecule has 4 rings (SSSR count). The summed E-state index contributed by atoms with van der Waals surface area (Å²) in [7, 11) is 0. The summed E-state index contributed by atoms with van der Waals surface area (Å²) in [5.74, 6) is 0.138. The van der Waals surface area contributed by atoms with Crippen molar-refractivity contribution in [1.29, 1.82) is 0 Å². The van der Waals surface area contributed by atoms with E-state index in [1.54, 1.807) is 12.3 Å². The summed E-state index contributed by atoms with van der Waals surface area (Å²) in [5, 5.41) is 3.47. The highest BCUT2D eigenvalue weighted by molar-refractivity contribution is 7.15. The SMILES string of the molecule is O=C(Nc1ncc(Cc2cccc(F)c2)s1)C1CCN(C(=O)C2CC2)CC1. The molecule has 1 saturated heterocycles. The van der Waals surface area contributed by atoms with Gasteiger partial charge in [0, 0.05) is 42.4 Å². The van der Waals surface area contributed by atoms with Crippen molar-refractivity contribution in [2.24, 2.45) is 11.8 Å². The van der Waals surface area contributed by atoms with Gasteiger partial charge in [0.2, 0.25) is 11.8 Å². The molecular formula is C20H22FN3O2S. The highest BCUT2D eigenvalue weighted by Crippen LogP contribution is 2.32. The summed E-state index contributed by atoms with van der Waals surface area (Å²) >= 11 is 1.41. The number of rotatable bonds is 5. The maximum atomic E-state index is 13.3. The maximum absolute atomic E-state index is 13.3. The molecule has 7 heteroatoms. The Morgan fingerprint density at radius 3 is 2.67 bits per heavy atom. The molecule has 2 amide bonds. The van der Waals surface area contributed by atoms with Gasteiger partial charge in [0.1, 0.15) is 5.82 Å². The summed E-state index contributed by atoms with van der Waals surface area (Å²) in [6.07, 6.45) is 5.75. The average molecular weight is 387 g/mol. The standard InChI is InChI=1S/C20H22FN3O2S/c21-16-3-1-2-13(10-16)11-17-12-22-20(27-17)23-18(25)14-6-8-24(9-7-14)19(26)15-4-5-15/h1-3,10,12,14-15H,4-9,11H2,(H,22,23,25). The Labute approximate surface area is 161 Å². The van der Waals surface area contributed by atoms with Crippen LogP contribution in [0.3, 0.4) is 0 Å². The lowest BCUT2D eigenvalue weighted by molar-refractivity contribution is -0.135. The van der Waals surface area contributed by atoms with Gasteiger partial charge in [0.25, 0.3) is 0 Å². The summed E-state index contributed by atoms with van der Waals surface area (Å²) in [5.41, 5.74) is 0.879. The Balaban J connectivity index is 1.28. The fourth-order valence-electron chi connectivity index (χ4n) is 3.45. The molecule has 2 heterocycles. The van der Waals surface area contributed by atoms with E-state index >= 15 is 0 Å². The molecule has 1 aromatic heterocycles. The molecule has 2 fully saturated rings. The van der Waals surface area contributed by atoms with Crippen LogP contribution in [0.15, 0.2) is 30.5 Å². The minimum atomic E-state index is -0.253. The van der Waals surface area contributed by atoms with Gasteiger partial charge in [-0.3, -0.25) is 9.59 Å². The van der Waals surface area contributed by atoms with Crippen molar-refractivity contribution in [1.82, 2.24) is 9.88 Å². The number of nitrogens with zero attached hydrogens (tertiary/aromatic N) is 2. The van der Waals surface area contributed by atoms with Crippen LogP contribution in [-0.4, -0.2) is 34.8 Å². The van der Waals surface area contributed by atoms with E-state index in [0.717, 1.165) is 23.3 Å². The molecule has 0 unspecified atom stereocenters. The lowest BCUT2D eigenvalue weighted by atomic mass is 9.95. The number of nitrogens with one attached hydrogen (secondary N) is 1. The second-order valence-corrected chi connectivity index (χ2v) is 8.42. The highest BCUT2D eigenvalue weighted by atomic mass is 32.1. The Bertz CT molecular complexity index is 841. The monoisotopic (exact) mass is 387 g/mol. The molecular weight excluding hydrogens is 365 g/mol. The Hall–Kier alpha value is -2.28. The molecule has 1 aliphatic heterocycles. The van der Waals surface area contributed by atoms with Crippen molar-refractivity contribution in [2.45, 2.75) is 32.1 Å². The Morgan fingerprint density at radius 1 is 1.19 bits per heavy atom. The molecule has 1 aromatic carbocycles. The van der Waals surface area contributed by atoms with Crippen LogP contribution in [0, 0.1) is 17.7 Å². The largest absolute Gasteiger partial charge is 0.342 e. The van der Waals surface area contributed by atoms with Gasteiger partial charge in [-0.05, 0) is 43.4 Å². The third kappa shape index (κ3) is 4.53. The van der Waals surface area contributed by atoms with Gasteiger partial charge in [-0.2, -0.15) is 0 Å². The van der Waals surface area contributed by atoms with Crippen molar-refractivity contribution < 1.29 is 14.0 Å².